The number of carboxylic acid groups (broad SMARTS) is 1. The Morgan fingerprint density at radius 1 is 1.02 bits per heavy atom. The maximum atomic E-state index is 12.6. The summed E-state index contributed by atoms with van der Waals surface area (Å²) in [5, 5.41) is 9.92. The molecule has 10 heteroatoms. The van der Waals surface area contributed by atoms with Crippen LogP contribution in [0, 0.1) is 12.8 Å². The predicted molar refractivity (Wildman–Crippen MR) is 151 cm³/mol. The molecule has 41 heavy (non-hydrogen) atoms. The minimum atomic E-state index is -4.77. The van der Waals surface area contributed by atoms with Crippen molar-refractivity contribution in [1.29, 1.82) is 0 Å². The first-order chi connectivity index (χ1) is 18.7. The summed E-state index contributed by atoms with van der Waals surface area (Å²) < 4.78 is 49.8. The Morgan fingerprint density at radius 2 is 1.73 bits per heavy atom. The van der Waals surface area contributed by atoms with Gasteiger partial charge in [0.05, 0.1) is 22.6 Å². The number of aryl methyl sites for hydroxylation is 1. The fourth-order valence-electron chi connectivity index (χ4n) is 5.12. The maximum absolute atomic E-state index is 12.6. The number of carbonyl (C=O) groups is 1. The van der Waals surface area contributed by atoms with Crippen LogP contribution in [0.15, 0.2) is 60.8 Å². The van der Waals surface area contributed by atoms with Crippen molar-refractivity contribution >= 4 is 17.0 Å². The lowest BCUT2D eigenvalue weighted by Crippen LogP contribution is -2.27. The Hall–Kier alpha value is -4.08. The van der Waals surface area contributed by atoms with Gasteiger partial charge < -0.3 is 19.1 Å². The third-order valence-corrected chi connectivity index (χ3v) is 7.02. The van der Waals surface area contributed by atoms with E-state index in [4.69, 9.17) is 9.72 Å². The summed E-state index contributed by atoms with van der Waals surface area (Å²) in [5.41, 5.74) is 4.00. The van der Waals surface area contributed by atoms with Gasteiger partial charge in [-0.15, -0.1) is 13.2 Å². The number of hydrogen-bond acceptors (Lipinski definition) is 5. The molecule has 4 aromatic rings. The molecule has 2 atom stereocenters. The first-order valence-corrected chi connectivity index (χ1v) is 12.8. The first-order valence-electron chi connectivity index (χ1n) is 12.8. The third-order valence-electron chi connectivity index (χ3n) is 7.02. The Bertz CT molecular complexity index is 1450. The molecule has 0 bridgehead atoms. The van der Waals surface area contributed by atoms with Crippen molar-refractivity contribution in [2.45, 2.75) is 72.9 Å². The molecule has 1 N–H and O–H groups in total. The molecule has 2 heterocycles. The van der Waals surface area contributed by atoms with Crippen LogP contribution >= 0.6 is 0 Å². The highest BCUT2D eigenvalue weighted by molar-refractivity contribution is 5.79. The molecule has 1 aliphatic rings. The van der Waals surface area contributed by atoms with E-state index in [9.17, 15) is 23.1 Å². The van der Waals surface area contributed by atoms with Gasteiger partial charge in [0.2, 0.25) is 0 Å². The van der Waals surface area contributed by atoms with Gasteiger partial charge in [-0.2, -0.15) is 0 Å². The Labute approximate surface area is 238 Å². The Morgan fingerprint density at radius 3 is 2.39 bits per heavy atom. The van der Waals surface area contributed by atoms with Crippen LogP contribution in [0.1, 0.15) is 69.1 Å². The van der Waals surface area contributed by atoms with Gasteiger partial charge in [-0.3, -0.25) is 9.78 Å². The van der Waals surface area contributed by atoms with Gasteiger partial charge in [0.15, 0.2) is 0 Å². The molecule has 5 rings (SSSR count). The van der Waals surface area contributed by atoms with E-state index in [1.807, 2.05) is 41.8 Å². The molecule has 0 amide bonds. The highest BCUT2D eigenvalue weighted by Gasteiger charge is 2.35. The van der Waals surface area contributed by atoms with Crippen molar-refractivity contribution in [3.05, 3.63) is 83.4 Å². The quantitative estimate of drug-likeness (QED) is 0.231. The fraction of sp³-hybridized carbons (Fsp3) is 0.387. The molecule has 0 spiro atoms. The molecule has 2 aromatic heterocycles. The zero-order chi connectivity index (χ0) is 27.6. The molecule has 7 nitrogen and oxygen atoms in total. The van der Waals surface area contributed by atoms with Crippen molar-refractivity contribution in [3.8, 4) is 11.5 Å². The number of halogens is 3. The minimum absolute atomic E-state index is 0. The molecule has 0 saturated heterocycles. The SMILES string of the molecule is C.C.Cc1ccc(COc2ccc3nc([C@@H]4CCCC[C@@H]4C(=O)O)n(Cc4ccc(OC(F)(F)F)cc4)c3c2)nc1. The van der Waals surface area contributed by atoms with Crippen LogP contribution in [0.25, 0.3) is 11.0 Å². The molecule has 0 radical (unpaired) electrons. The lowest BCUT2D eigenvalue weighted by Gasteiger charge is -2.28. The fourth-order valence-corrected chi connectivity index (χ4v) is 5.12. The molecule has 1 fully saturated rings. The smallest absolute Gasteiger partial charge is 0.487 e. The van der Waals surface area contributed by atoms with Gasteiger partial charge in [-0.25, -0.2) is 4.98 Å². The monoisotopic (exact) mass is 571 g/mol. The number of alkyl halides is 3. The van der Waals surface area contributed by atoms with E-state index < -0.39 is 18.2 Å². The van der Waals surface area contributed by atoms with Crippen molar-refractivity contribution in [2.24, 2.45) is 5.92 Å². The van der Waals surface area contributed by atoms with E-state index in [0.29, 0.717) is 36.5 Å². The van der Waals surface area contributed by atoms with Crippen LogP contribution in [-0.2, 0) is 17.9 Å². The van der Waals surface area contributed by atoms with Crippen molar-refractivity contribution < 1.29 is 32.5 Å². The van der Waals surface area contributed by atoms with E-state index in [-0.39, 0.29) is 33.1 Å². The van der Waals surface area contributed by atoms with Gasteiger partial charge in [-0.05, 0) is 61.2 Å². The third kappa shape index (κ3) is 7.56. The molecular formula is C31H36F3N3O4. The molecule has 0 aliphatic heterocycles. The van der Waals surface area contributed by atoms with Gasteiger partial charge in [0.25, 0.3) is 0 Å². The number of carboxylic acids is 1. The zero-order valence-corrected chi connectivity index (χ0v) is 21.3. The van der Waals surface area contributed by atoms with E-state index in [2.05, 4.69) is 9.72 Å². The predicted octanol–water partition coefficient (Wildman–Crippen LogP) is 7.90. The summed E-state index contributed by atoms with van der Waals surface area (Å²) in [6, 6.07) is 15.0. The summed E-state index contributed by atoms with van der Waals surface area (Å²) in [6.45, 7) is 2.53. The van der Waals surface area contributed by atoms with E-state index in [1.54, 1.807) is 18.3 Å². The van der Waals surface area contributed by atoms with Crippen LogP contribution in [0.2, 0.25) is 0 Å². The first kappa shape index (κ1) is 31.4. The van der Waals surface area contributed by atoms with Crippen LogP contribution < -0.4 is 9.47 Å². The minimum Gasteiger partial charge on any atom is -0.487 e. The van der Waals surface area contributed by atoms with Gasteiger partial charge in [0, 0.05) is 24.7 Å². The van der Waals surface area contributed by atoms with Crippen molar-refractivity contribution in [1.82, 2.24) is 14.5 Å². The van der Waals surface area contributed by atoms with E-state index in [0.717, 1.165) is 35.2 Å². The highest BCUT2D eigenvalue weighted by atomic mass is 19.4. The number of benzene rings is 2. The Kier molecular flexibility index (Phi) is 10.0. The normalized spacial score (nSPS) is 16.9. The van der Waals surface area contributed by atoms with Crippen LogP contribution in [-0.4, -0.2) is 32.0 Å². The van der Waals surface area contributed by atoms with Gasteiger partial charge >= 0.3 is 12.3 Å². The van der Waals surface area contributed by atoms with Crippen LogP contribution in [0.4, 0.5) is 13.2 Å². The van der Waals surface area contributed by atoms with Crippen molar-refractivity contribution in [3.63, 3.8) is 0 Å². The summed E-state index contributed by atoms with van der Waals surface area (Å²) >= 11 is 0. The summed E-state index contributed by atoms with van der Waals surface area (Å²) in [7, 11) is 0. The van der Waals surface area contributed by atoms with Crippen LogP contribution in [0.3, 0.4) is 0 Å². The summed E-state index contributed by atoms with van der Waals surface area (Å²) in [6.07, 6.45) is 0.0218. The number of aliphatic carboxylic acids is 1. The Balaban J connectivity index is 0.00000231. The molecule has 2 aromatic carbocycles. The largest absolute Gasteiger partial charge is 0.573 e. The molecule has 1 aliphatic carbocycles. The second-order valence-electron chi connectivity index (χ2n) is 9.85. The zero-order valence-electron chi connectivity index (χ0n) is 21.3. The highest BCUT2D eigenvalue weighted by Crippen LogP contribution is 2.39. The lowest BCUT2D eigenvalue weighted by atomic mass is 9.78. The number of aromatic nitrogens is 3. The molecule has 1 saturated carbocycles. The number of ether oxygens (including phenoxy) is 2. The topological polar surface area (TPSA) is 86.5 Å². The second-order valence-corrected chi connectivity index (χ2v) is 9.85. The number of hydrogen-bond donors (Lipinski definition) is 1. The number of nitrogens with zero attached hydrogens (tertiary/aromatic N) is 3. The number of rotatable bonds is 8. The second kappa shape index (κ2) is 13.1. The van der Waals surface area contributed by atoms with E-state index >= 15 is 0 Å². The van der Waals surface area contributed by atoms with Crippen molar-refractivity contribution in [2.75, 3.05) is 0 Å². The van der Waals surface area contributed by atoms with Gasteiger partial charge in [0.1, 0.15) is 23.9 Å². The summed E-state index contributed by atoms with van der Waals surface area (Å²) in [5.74, 6) is -0.727. The molecule has 0 unspecified atom stereocenters. The molecular weight excluding hydrogens is 535 g/mol. The lowest BCUT2D eigenvalue weighted by molar-refractivity contribution is -0.274. The standard InChI is InChI=1S/C29H28F3N3O4.2CH4/c1-18-6-9-20(33-15-18)17-38-22-12-13-25-26(14-22)35(16-19-7-10-21(11-8-19)39-29(30,31)32)27(34-25)23-4-2-3-5-24(23)28(36)37;;/h6-15,23-24H,2-5,16-17H2,1H3,(H,36,37);2*1H4/t23-,24+;;/m1../s1. The average molecular weight is 572 g/mol. The van der Waals surface area contributed by atoms with E-state index in [1.165, 1.54) is 12.1 Å². The summed E-state index contributed by atoms with van der Waals surface area (Å²) in [4.78, 5) is 21.3. The van der Waals surface area contributed by atoms with Gasteiger partial charge in [-0.1, -0.05) is 45.9 Å². The number of pyridine rings is 1. The number of imidazole rings is 1. The average Bonchev–Trinajstić information content (AvgIpc) is 3.26. The maximum Gasteiger partial charge on any atom is 0.573 e. The number of fused-ring (bicyclic) bond motifs is 1. The molecule has 220 valence electrons. The van der Waals surface area contributed by atoms with Crippen LogP contribution in [0.5, 0.6) is 11.5 Å².